The molecule has 0 radical (unpaired) electrons. The summed E-state index contributed by atoms with van der Waals surface area (Å²) in [6, 6.07) is 24.3. The molecule has 1 heterocycles. The molecule has 0 N–H and O–H groups in total. The molecule has 0 fully saturated rings. The van der Waals surface area contributed by atoms with Crippen LogP contribution >= 0.6 is 11.3 Å². The number of para-hydroxylation sites is 2. The predicted octanol–water partition coefficient (Wildman–Crippen LogP) is 5.69. The number of hydrogen-bond acceptors (Lipinski definition) is 3. The first-order valence-electron chi connectivity index (χ1n) is 9.62. The second-order valence-electron chi connectivity index (χ2n) is 7.16. The van der Waals surface area contributed by atoms with Gasteiger partial charge >= 0.3 is 0 Å². The molecule has 4 heteroatoms. The second kappa shape index (κ2) is 7.21. The number of aryl methyl sites for hydroxylation is 2. The number of thiazole rings is 1. The summed E-state index contributed by atoms with van der Waals surface area (Å²) in [5.41, 5.74) is 5.69. The summed E-state index contributed by atoms with van der Waals surface area (Å²) in [7, 11) is 0. The lowest BCUT2D eigenvalue weighted by Crippen LogP contribution is -2.27. The van der Waals surface area contributed by atoms with Crippen molar-refractivity contribution in [2.45, 2.75) is 25.7 Å². The number of nitrogens with zero attached hydrogens (tertiary/aromatic N) is 2. The molecule has 5 rings (SSSR count). The van der Waals surface area contributed by atoms with Gasteiger partial charge in [0.2, 0.25) is 5.91 Å². The minimum absolute atomic E-state index is 0.0446. The fourth-order valence-corrected chi connectivity index (χ4v) is 4.89. The molecule has 0 unspecified atom stereocenters. The normalized spacial score (nSPS) is 12.9. The van der Waals surface area contributed by atoms with Crippen LogP contribution in [0.3, 0.4) is 0 Å². The van der Waals surface area contributed by atoms with Crippen molar-refractivity contribution in [1.82, 2.24) is 4.98 Å². The summed E-state index contributed by atoms with van der Waals surface area (Å²) in [5, 5.41) is 0.721. The third-order valence-electron chi connectivity index (χ3n) is 5.26. The number of rotatable bonds is 4. The highest BCUT2D eigenvalue weighted by Gasteiger charge is 2.22. The third-order valence-corrected chi connectivity index (χ3v) is 6.28. The van der Waals surface area contributed by atoms with Gasteiger partial charge in [-0.3, -0.25) is 9.69 Å². The Bertz CT molecular complexity index is 1120. The molecule has 1 aliphatic rings. The highest BCUT2D eigenvalue weighted by Crippen LogP contribution is 2.34. The van der Waals surface area contributed by atoms with Gasteiger partial charge in [-0.2, -0.15) is 0 Å². The lowest BCUT2D eigenvalue weighted by molar-refractivity contribution is -0.117. The third kappa shape index (κ3) is 3.20. The maximum absolute atomic E-state index is 13.4. The van der Waals surface area contributed by atoms with Crippen molar-refractivity contribution >= 4 is 38.3 Å². The molecule has 3 nitrogen and oxygen atoms in total. The van der Waals surface area contributed by atoms with Gasteiger partial charge in [0.1, 0.15) is 0 Å². The van der Waals surface area contributed by atoms with Crippen LogP contribution in [0.4, 0.5) is 10.8 Å². The van der Waals surface area contributed by atoms with Crippen LogP contribution in [-0.4, -0.2) is 10.9 Å². The number of aromatic nitrogens is 1. The van der Waals surface area contributed by atoms with Crippen LogP contribution in [0.15, 0.2) is 72.8 Å². The van der Waals surface area contributed by atoms with Gasteiger partial charge in [-0.05, 0) is 60.2 Å². The maximum atomic E-state index is 13.4. The van der Waals surface area contributed by atoms with Crippen LogP contribution in [-0.2, 0) is 24.1 Å². The molecule has 0 aliphatic heterocycles. The summed E-state index contributed by atoms with van der Waals surface area (Å²) >= 11 is 1.55. The topological polar surface area (TPSA) is 33.2 Å². The largest absolute Gasteiger partial charge is 0.274 e. The van der Waals surface area contributed by atoms with Crippen molar-refractivity contribution in [1.29, 1.82) is 0 Å². The Morgan fingerprint density at radius 3 is 2.57 bits per heavy atom. The minimum Gasteiger partial charge on any atom is -0.274 e. The molecule has 0 atom stereocenters. The predicted molar refractivity (Wildman–Crippen MR) is 115 cm³/mol. The van der Waals surface area contributed by atoms with Gasteiger partial charge < -0.3 is 0 Å². The van der Waals surface area contributed by atoms with E-state index in [4.69, 9.17) is 4.98 Å². The van der Waals surface area contributed by atoms with E-state index in [0.717, 1.165) is 39.4 Å². The Morgan fingerprint density at radius 1 is 0.929 bits per heavy atom. The Morgan fingerprint density at radius 2 is 1.71 bits per heavy atom. The number of hydrogen-bond donors (Lipinski definition) is 0. The number of fused-ring (bicyclic) bond motifs is 2. The molecule has 0 bridgehead atoms. The van der Waals surface area contributed by atoms with Crippen molar-refractivity contribution < 1.29 is 4.79 Å². The fourth-order valence-electron chi connectivity index (χ4n) is 3.88. The SMILES string of the molecule is O=C(Cc1ccc2c(c1)CCC2)N(c1ccccc1)c1nc2ccccc2s1. The Labute approximate surface area is 168 Å². The summed E-state index contributed by atoms with van der Waals surface area (Å²) in [6.07, 6.45) is 3.87. The lowest BCUT2D eigenvalue weighted by atomic mass is 10.0. The van der Waals surface area contributed by atoms with E-state index in [1.807, 2.05) is 54.6 Å². The van der Waals surface area contributed by atoms with Crippen LogP contribution < -0.4 is 4.90 Å². The summed E-state index contributed by atoms with van der Waals surface area (Å²) in [4.78, 5) is 19.9. The zero-order valence-corrected chi connectivity index (χ0v) is 16.3. The van der Waals surface area contributed by atoms with Crippen molar-refractivity contribution in [2.24, 2.45) is 0 Å². The van der Waals surface area contributed by atoms with Gasteiger partial charge in [-0.1, -0.05) is 59.9 Å². The Hall–Kier alpha value is -2.98. The maximum Gasteiger partial charge on any atom is 0.237 e. The highest BCUT2D eigenvalue weighted by molar-refractivity contribution is 7.22. The molecule has 0 saturated carbocycles. The molecule has 4 aromatic rings. The van der Waals surface area contributed by atoms with Gasteiger partial charge in [0.05, 0.1) is 22.3 Å². The first-order chi connectivity index (χ1) is 13.8. The van der Waals surface area contributed by atoms with Crippen molar-refractivity contribution in [3.8, 4) is 0 Å². The average molecular weight is 385 g/mol. The number of amides is 1. The number of carbonyl (C=O) groups excluding carboxylic acids is 1. The average Bonchev–Trinajstić information content (AvgIpc) is 3.35. The van der Waals surface area contributed by atoms with Crippen LogP contribution in [0.5, 0.6) is 0 Å². The molecular formula is C24H20N2OS. The first-order valence-corrected chi connectivity index (χ1v) is 10.4. The van der Waals surface area contributed by atoms with Gasteiger partial charge in [0.15, 0.2) is 5.13 Å². The van der Waals surface area contributed by atoms with E-state index < -0.39 is 0 Å². The van der Waals surface area contributed by atoms with Crippen LogP contribution in [0.25, 0.3) is 10.2 Å². The molecule has 1 amide bonds. The zero-order valence-electron chi connectivity index (χ0n) is 15.5. The van der Waals surface area contributed by atoms with Gasteiger partial charge in [-0.15, -0.1) is 0 Å². The van der Waals surface area contributed by atoms with E-state index in [1.165, 1.54) is 17.5 Å². The zero-order chi connectivity index (χ0) is 18.9. The van der Waals surface area contributed by atoms with E-state index in [-0.39, 0.29) is 5.91 Å². The second-order valence-corrected chi connectivity index (χ2v) is 8.17. The number of carbonyl (C=O) groups is 1. The minimum atomic E-state index is 0.0446. The smallest absolute Gasteiger partial charge is 0.237 e. The van der Waals surface area contributed by atoms with E-state index in [9.17, 15) is 4.79 Å². The van der Waals surface area contributed by atoms with E-state index in [0.29, 0.717) is 6.42 Å². The first kappa shape index (κ1) is 17.1. The fraction of sp³-hybridized carbons (Fsp3) is 0.167. The molecular weight excluding hydrogens is 364 g/mol. The van der Waals surface area contributed by atoms with Crippen LogP contribution in [0, 0.1) is 0 Å². The van der Waals surface area contributed by atoms with E-state index >= 15 is 0 Å². The van der Waals surface area contributed by atoms with Gasteiger partial charge in [0, 0.05) is 0 Å². The molecule has 1 aliphatic carbocycles. The summed E-state index contributed by atoms with van der Waals surface area (Å²) in [5.74, 6) is 0.0446. The van der Waals surface area contributed by atoms with Crippen LogP contribution in [0.2, 0.25) is 0 Å². The van der Waals surface area contributed by atoms with E-state index in [1.54, 1.807) is 16.2 Å². The Balaban J connectivity index is 1.51. The van der Waals surface area contributed by atoms with Crippen LogP contribution in [0.1, 0.15) is 23.1 Å². The van der Waals surface area contributed by atoms with Crippen molar-refractivity contribution in [2.75, 3.05) is 4.90 Å². The quantitative estimate of drug-likeness (QED) is 0.453. The number of anilines is 2. The molecule has 28 heavy (non-hydrogen) atoms. The highest BCUT2D eigenvalue weighted by atomic mass is 32.1. The van der Waals surface area contributed by atoms with Crippen molar-refractivity contribution in [3.63, 3.8) is 0 Å². The summed E-state index contributed by atoms with van der Waals surface area (Å²) < 4.78 is 1.09. The van der Waals surface area contributed by atoms with Gasteiger partial charge in [0.25, 0.3) is 0 Å². The monoisotopic (exact) mass is 384 g/mol. The number of benzene rings is 3. The molecule has 3 aromatic carbocycles. The Kier molecular flexibility index (Phi) is 4.41. The van der Waals surface area contributed by atoms with Crippen molar-refractivity contribution in [3.05, 3.63) is 89.5 Å². The molecule has 0 spiro atoms. The standard InChI is InChI=1S/C24H20N2OS/c27-23(16-17-13-14-18-7-6-8-19(18)15-17)26(20-9-2-1-3-10-20)24-25-21-11-4-5-12-22(21)28-24/h1-5,9-15H,6-8,16H2. The molecule has 138 valence electrons. The van der Waals surface area contributed by atoms with E-state index in [2.05, 4.69) is 18.2 Å². The summed E-state index contributed by atoms with van der Waals surface area (Å²) in [6.45, 7) is 0. The lowest BCUT2D eigenvalue weighted by Gasteiger charge is -2.20. The van der Waals surface area contributed by atoms with Gasteiger partial charge in [-0.25, -0.2) is 4.98 Å². The molecule has 0 saturated heterocycles. The molecule has 1 aromatic heterocycles.